The number of rotatable bonds is 1. The smallest absolute Gasteiger partial charge is 0.258 e. The molecule has 0 spiro atoms. The standard InChI is InChI=1S/C16H14BrFN2O/c17-13-8-11(5-6-14(13)18)16(21)20-9-12(19)7-10-3-1-2-4-15(10)20/h1-6,8,12H,7,9,19H2. The summed E-state index contributed by atoms with van der Waals surface area (Å²) in [7, 11) is 0. The van der Waals surface area contributed by atoms with Crippen molar-refractivity contribution in [1.29, 1.82) is 0 Å². The van der Waals surface area contributed by atoms with Gasteiger partial charge in [-0.15, -0.1) is 0 Å². The molecule has 21 heavy (non-hydrogen) atoms. The highest BCUT2D eigenvalue weighted by atomic mass is 79.9. The lowest BCUT2D eigenvalue weighted by Crippen LogP contribution is -2.46. The SMILES string of the molecule is NC1Cc2ccccc2N(C(=O)c2ccc(F)c(Br)c2)C1. The number of hydrogen-bond acceptors (Lipinski definition) is 2. The van der Waals surface area contributed by atoms with Gasteiger partial charge in [-0.1, -0.05) is 18.2 Å². The summed E-state index contributed by atoms with van der Waals surface area (Å²) in [4.78, 5) is 14.4. The van der Waals surface area contributed by atoms with Crippen molar-refractivity contribution in [2.24, 2.45) is 5.73 Å². The van der Waals surface area contributed by atoms with E-state index in [-0.39, 0.29) is 22.2 Å². The molecule has 1 unspecified atom stereocenters. The minimum absolute atomic E-state index is 0.0901. The lowest BCUT2D eigenvalue weighted by Gasteiger charge is -2.33. The van der Waals surface area contributed by atoms with Crippen molar-refractivity contribution in [3.63, 3.8) is 0 Å². The van der Waals surface area contributed by atoms with Crippen LogP contribution in [0.25, 0.3) is 0 Å². The van der Waals surface area contributed by atoms with Crippen LogP contribution in [-0.2, 0) is 6.42 Å². The van der Waals surface area contributed by atoms with Gasteiger partial charge in [0.2, 0.25) is 0 Å². The second-order valence-corrected chi connectivity index (χ2v) is 5.99. The zero-order valence-corrected chi connectivity index (χ0v) is 12.8. The maximum absolute atomic E-state index is 13.3. The Hall–Kier alpha value is -1.72. The van der Waals surface area contributed by atoms with Crippen LogP contribution in [-0.4, -0.2) is 18.5 Å². The van der Waals surface area contributed by atoms with Crippen LogP contribution in [0.2, 0.25) is 0 Å². The van der Waals surface area contributed by atoms with Gasteiger partial charge in [0.05, 0.1) is 4.47 Å². The third-order valence-electron chi connectivity index (χ3n) is 3.59. The summed E-state index contributed by atoms with van der Waals surface area (Å²) in [6.45, 7) is 0.463. The summed E-state index contributed by atoms with van der Waals surface area (Å²) < 4.78 is 13.6. The number of benzene rings is 2. The van der Waals surface area contributed by atoms with Crippen LogP contribution in [0, 0.1) is 5.82 Å². The van der Waals surface area contributed by atoms with Gasteiger partial charge in [0, 0.05) is 23.8 Å². The maximum Gasteiger partial charge on any atom is 0.258 e. The fourth-order valence-electron chi connectivity index (χ4n) is 2.60. The first kappa shape index (κ1) is 14.2. The average molecular weight is 349 g/mol. The van der Waals surface area contributed by atoms with Crippen LogP contribution >= 0.6 is 15.9 Å². The van der Waals surface area contributed by atoms with E-state index in [0.29, 0.717) is 12.1 Å². The number of para-hydroxylation sites is 1. The maximum atomic E-state index is 13.3. The molecule has 0 saturated carbocycles. The van der Waals surface area contributed by atoms with E-state index in [1.807, 2.05) is 24.3 Å². The second kappa shape index (κ2) is 5.58. The number of fused-ring (bicyclic) bond motifs is 1. The molecule has 108 valence electrons. The Bertz CT molecular complexity index is 704. The van der Waals surface area contributed by atoms with E-state index in [0.717, 1.165) is 17.7 Å². The molecule has 0 radical (unpaired) electrons. The van der Waals surface area contributed by atoms with Crippen LogP contribution in [0.1, 0.15) is 15.9 Å². The molecule has 1 atom stereocenters. The van der Waals surface area contributed by atoms with Crippen LogP contribution in [0.4, 0.5) is 10.1 Å². The zero-order valence-electron chi connectivity index (χ0n) is 11.2. The fourth-order valence-corrected chi connectivity index (χ4v) is 2.98. The molecule has 0 bridgehead atoms. The van der Waals surface area contributed by atoms with E-state index >= 15 is 0 Å². The number of halogens is 2. The molecule has 5 heteroatoms. The van der Waals surface area contributed by atoms with Crippen molar-refractivity contribution < 1.29 is 9.18 Å². The van der Waals surface area contributed by atoms with Gasteiger partial charge in [0.25, 0.3) is 5.91 Å². The predicted octanol–water partition coefficient (Wildman–Crippen LogP) is 3.12. The summed E-state index contributed by atoms with van der Waals surface area (Å²) in [6.07, 6.45) is 0.757. The highest BCUT2D eigenvalue weighted by Crippen LogP contribution is 2.28. The number of hydrogen-bond donors (Lipinski definition) is 1. The molecule has 2 N–H and O–H groups in total. The van der Waals surface area contributed by atoms with Crippen molar-refractivity contribution in [2.75, 3.05) is 11.4 Å². The molecular weight excluding hydrogens is 335 g/mol. The predicted molar refractivity (Wildman–Crippen MR) is 83.9 cm³/mol. The molecule has 3 nitrogen and oxygen atoms in total. The van der Waals surface area contributed by atoms with Crippen LogP contribution < -0.4 is 10.6 Å². The third-order valence-corrected chi connectivity index (χ3v) is 4.20. The summed E-state index contributed by atoms with van der Waals surface area (Å²) >= 11 is 3.11. The van der Waals surface area contributed by atoms with E-state index in [2.05, 4.69) is 15.9 Å². The highest BCUT2D eigenvalue weighted by molar-refractivity contribution is 9.10. The second-order valence-electron chi connectivity index (χ2n) is 5.14. The Morgan fingerprint density at radius 3 is 2.81 bits per heavy atom. The highest BCUT2D eigenvalue weighted by Gasteiger charge is 2.27. The molecule has 3 rings (SSSR count). The van der Waals surface area contributed by atoms with E-state index in [4.69, 9.17) is 5.73 Å². The van der Waals surface area contributed by atoms with Crippen LogP contribution in [0.15, 0.2) is 46.9 Å². The largest absolute Gasteiger partial charge is 0.326 e. The number of carbonyl (C=O) groups is 1. The van der Waals surface area contributed by atoms with Gasteiger partial charge < -0.3 is 10.6 Å². The van der Waals surface area contributed by atoms with Crippen LogP contribution in [0.5, 0.6) is 0 Å². The molecule has 2 aromatic rings. The zero-order chi connectivity index (χ0) is 15.0. The summed E-state index contributed by atoms with van der Waals surface area (Å²) in [5.74, 6) is -0.555. The van der Waals surface area contributed by atoms with Crippen molar-refractivity contribution in [2.45, 2.75) is 12.5 Å². The fraction of sp³-hybridized carbons (Fsp3) is 0.188. The number of nitrogens with two attached hydrogens (primary N) is 1. The Kier molecular flexibility index (Phi) is 3.78. The molecule has 2 aromatic carbocycles. The van der Waals surface area contributed by atoms with Gasteiger partial charge in [0.15, 0.2) is 0 Å². The number of carbonyl (C=O) groups excluding carboxylic acids is 1. The van der Waals surface area contributed by atoms with Crippen molar-refractivity contribution in [3.8, 4) is 0 Å². The molecule has 0 aromatic heterocycles. The minimum atomic E-state index is -0.387. The topological polar surface area (TPSA) is 46.3 Å². The van der Waals surface area contributed by atoms with Gasteiger partial charge in [-0.2, -0.15) is 0 Å². The average Bonchev–Trinajstić information content (AvgIpc) is 2.48. The van der Waals surface area contributed by atoms with Crippen molar-refractivity contribution >= 4 is 27.5 Å². The molecular formula is C16H14BrFN2O. The molecule has 0 aliphatic carbocycles. The summed E-state index contributed by atoms with van der Waals surface area (Å²) in [5.41, 5.74) is 8.42. The van der Waals surface area contributed by atoms with Gasteiger partial charge >= 0.3 is 0 Å². The summed E-state index contributed by atoms with van der Waals surface area (Å²) in [6, 6.07) is 11.9. The molecule has 1 aliphatic heterocycles. The van der Waals surface area contributed by atoms with E-state index in [1.54, 1.807) is 4.90 Å². The van der Waals surface area contributed by atoms with E-state index in [1.165, 1.54) is 18.2 Å². The minimum Gasteiger partial charge on any atom is -0.326 e. The first-order chi connectivity index (χ1) is 10.1. The van der Waals surface area contributed by atoms with E-state index < -0.39 is 0 Å². The van der Waals surface area contributed by atoms with Crippen LogP contribution in [0.3, 0.4) is 0 Å². The quantitative estimate of drug-likeness (QED) is 0.860. The van der Waals surface area contributed by atoms with Gasteiger partial charge in [0.1, 0.15) is 5.82 Å². The lowest BCUT2D eigenvalue weighted by atomic mass is 9.97. The molecule has 0 fully saturated rings. The lowest BCUT2D eigenvalue weighted by molar-refractivity contribution is 0.0983. The van der Waals surface area contributed by atoms with Gasteiger partial charge in [-0.3, -0.25) is 4.79 Å². The monoisotopic (exact) mass is 348 g/mol. The first-order valence-corrected chi connectivity index (χ1v) is 7.46. The van der Waals surface area contributed by atoms with Gasteiger partial charge in [-0.05, 0) is 52.2 Å². The van der Waals surface area contributed by atoms with Gasteiger partial charge in [-0.25, -0.2) is 4.39 Å². The van der Waals surface area contributed by atoms with E-state index in [9.17, 15) is 9.18 Å². The molecule has 1 heterocycles. The Balaban J connectivity index is 1.99. The molecule has 1 amide bonds. The normalized spacial score (nSPS) is 17.5. The molecule has 0 saturated heterocycles. The van der Waals surface area contributed by atoms with Crippen molar-refractivity contribution in [3.05, 3.63) is 63.9 Å². The Morgan fingerprint density at radius 1 is 1.29 bits per heavy atom. The number of nitrogens with zero attached hydrogens (tertiary/aromatic N) is 1. The Labute approximate surface area is 130 Å². The molecule has 1 aliphatic rings. The van der Waals surface area contributed by atoms with Crippen molar-refractivity contribution in [1.82, 2.24) is 0 Å². The first-order valence-electron chi connectivity index (χ1n) is 6.66. The third kappa shape index (κ3) is 2.71. The summed E-state index contributed by atoms with van der Waals surface area (Å²) in [5, 5.41) is 0. The Morgan fingerprint density at radius 2 is 2.05 bits per heavy atom. The number of anilines is 1. The number of amides is 1.